The average Bonchev–Trinajstić information content (AvgIpc) is 2.43. The Kier molecular flexibility index (Phi) is 4.92. The minimum atomic E-state index is -1.37. The predicted molar refractivity (Wildman–Crippen MR) is 64.1 cm³/mol. The van der Waals surface area contributed by atoms with Crippen molar-refractivity contribution in [3.05, 3.63) is 38.3 Å². The predicted octanol–water partition coefficient (Wildman–Crippen LogP) is -1.45. The highest BCUT2D eigenvalue weighted by Crippen LogP contribution is 2.08. The molecule has 1 amide bonds. The second kappa shape index (κ2) is 6.43. The number of hydrogen-bond donors (Lipinski definition) is 3. The highest BCUT2D eigenvalue weighted by atomic mass is 16.6. The lowest BCUT2D eigenvalue weighted by Crippen LogP contribution is -2.45. The van der Waals surface area contributed by atoms with E-state index >= 15 is 0 Å². The molecule has 0 radical (unpaired) electrons. The fourth-order valence-corrected chi connectivity index (χ4v) is 1.30. The van der Waals surface area contributed by atoms with Crippen molar-refractivity contribution in [2.24, 2.45) is 0 Å². The maximum absolute atomic E-state index is 11.8. The Labute approximate surface area is 111 Å². The molecule has 1 aromatic rings. The molecule has 0 bridgehead atoms. The van der Waals surface area contributed by atoms with Crippen LogP contribution in [-0.2, 0) is 9.53 Å². The SMILES string of the molecule is COC(=O)C(CO)NC(=O)c1cc([N+](=O)[O-])c[nH]c1=O. The standard InChI is InChI=1S/C10H11N3O7/c1-20-10(17)7(4-14)12-9(16)6-2-5(13(18)19)3-11-8(6)15/h2-3,7,14H,4H2,1H3,(H,11,15)(H,12,16). The van der Waals surface area contributed by atoms with E-state index in [-0.39, 0.29) is 0 Å². The van der Waals surface area contributed by atoms with Gasteiger partial charge in [-0.05, 0) is 0 Å². The Balaban J connectivity index is 3.03. The van der Waals surface area contributed by atoms with Crippen molar-refractivity contribution in [2.75, 3.05) is 13.7 Å². The van der Waals surface area contributed by atoms with Gasteiger partial charge in [-0.1, -0.05) is 0 Å². The lowest BCUT2D eigenvalue weighted by Gasteiger charge is -2.13. The minimum Gasteiger partial charge on any atom is -0.467 e. The number of ether oxygens (including phenoxy) is 1. The van der Waals surface area contributed by atoms with Crippen molar-refractivity contribution in [3.63, 3.8) is 0 Å². The summed E-state index contributed by atoms with van der Waals surface area (Å²) < 4.78 is 4.32. The molecule has 0 aromatic carbocycles. The number of methoxy groups -OCH3 is 1. The van der Waals surface area contributed by atoms with E-state index in [4.69, 9.17) is 5.11 Å². The Morgan fingerprint density at radius 2 is 2.25 bits per heavy atom. The Bertz CT molecular complexity index is 595. The van der Waals surface area contributed by atoms with Gasteiger partial charge in [0.15, 0.2) is 6.04 Å². The highest BCUT2D eigenvalue weighted by molar-refractivity contribution is 5.96. The molecule has 1 heterocycles. The van der Waals surface area contributed by atoms with E-state index in [1.165, 1.54) is 0 Å². The summed E-state index contributed by atoms with van der Waals surface area (Å²) in [6.07, 6.45) is 0.836. The van der Waals surface area contributed by atoms with Crippen LogP contribution in [0.3, 0.4) is 0 Å². The van der Waals surface area contributed by atoms with Crippen LogP contribution in [-0.4, -0.2) is 46.6 Å². The van der Waals surface area contributed by atoms with E-state index < -0.39 is 46.3 Å². The van der Waals surface area contributed by atoms with Crippen molar-refractivity contribution in [2.45, 2.75) is 6.04 Å². The molecular weight excluding hydrogens is 274 g/mol. The number of carbonyl (C=O) groups excluding carboxylic acids is 2. The average molecular weight is 285 g/mol. The lowest BCUT2D eigenvalue weighted by molar-refractivity contribution is -0.385. The molecule has 0 saturated carbocycles. The number of H-pyrrole nitrogens is 1. The van der Waals surface area contributed by atoms with Crippen molar-refractivity contribution in [3.8, 4) is 0 Å². The molecule has 3 N–H and O–H groups in total. The Hall–Kier alpha value is -2.75. The summed E-state index contributed by atoms with van der Waals surface area (Å²) in [7, 11) is 1.05. The van der Waals surface area contributed by atoms with Crippen LogP contribution in [0.15, 0.2) is 17.1 Å². The van der Waals surface area contributed by atoms with Gasteiger partial charge in [-0.15, -0.1) is 0 Å². The molecule has 0 saturated heterocycles. The number of aliphatic hydroxyl groups is 1. The van der Waals surface area contributed by atoms with Gasteiger partial charge in [0.2, 0.25) is 0 Å². The van der Waals surface area contributed by atoms with Crippen molar-refractivity contribution in [1.29, 1.82) is 0 Å². The summed E-state index contributed by atoms with van der Waals surface area (Å²) >= 11 is 0. The van der Waals surface area contributed by atoms with E-state index in [0.29, 0.717) is 0 Å². The Morgan fingerprint density at radius 3 is 2.75 bits per heavy atom. The zero-order valence-corrected chi connectivity index (χ0v) is 10.3. The second-order valence-corrected chi connectivity index (χ2v) is 3.59. The molecule has 1 unspecified atom stereocenters. The summed E-state index contributed by atoms with van der Waals surface area (Å²) in [6, 6.07) is -0.606. The molecule has 108 valence electrons. The van der Waals surface area contributed by atoms with Gasteiger partial charge in [0, 0.05) is 6.07 Å². The number of aliphatic hydroxyl groups excluding tert-OH is 1. The number of aromatic nitrogens is 1. The molecule has 0 aliphatic rings. The number of hydrogen-bond acceptors (Lipinski definition) is 7. The van der Waals surface area contributed by atoms with Gasteiger partial charge in [0.25, 0.3) is 17.2 Å². The van der Waals surface area contributed by atoms with Crippen molar-refractivity contribution < 1.29 is 24.4 Å². The number of nitrogens with zero attached hydrogens (tertiary/aromatic N) is 1. The van der Waals surface area contributed by atoms with Gasteiger partial charge in [-0.2, -0.15) is 0 Å². The zero-order valence-electron chi connectivity index (χ0n) is 10.3. The van der Waals surface area contributed by atoms with E-state index in [0.717, 1.165) is 19.4 Å². The first-order valence-electron chi connectivity index (χ1n) is 5.27. The van der Waals surface area contributed by atoms with Gasteiger partial charge in [0.1, 0.15) is 5.56 Å². The van der Waals surface area contributed by atoms with Crippen LogP contribution in [0.4, 0.5) is 5.69 Å². The number of nitro groups is 1. The zero-order chi connectivity index (χ0) is 15.3. The normalized spacial score (nSPS) is 11.5. The first-order valence-corrected chi connectivity index (χ1v) is 5.27. The summed E-state index contributed by atoms with van der Waals surface area (Å²) in [5.41, 5.74) is -1.91. The maximum atomic E-state index is 11.8. The van der Waals surface area contributed by atoms with E-state index in [2.05, 4.69) is 4.74 Å². The van der Waals surface area contributed by atoms with Gasteiger partial charge in [-0.25, -0.2) is 4.79 Å². The van der Waals surface area contributed by atoms with Gasteiger partial charge in [0.05, 0.1) is 24.8 Å². The summed E-state index contributed by atoms with van der Waals surface area (Å²) in [4.78, 5) is 46.2. The highest BCUT2D eigenvalue weighted by Gasteiger charge is 2.23. The molecule has 1 aromatic heterocycles. The van der Waals surface area contributed by atoms with E-state index in [9.17, 15) is 24.5 Å². The Morgan fingerprint density at radius 1 is 1.60 bits per heavy atom. The summed E-state index contributed by atoms with van der Waals surface area (Å²) in [5, 5.41) is 21.5. The molecule has 0 aliphatic heterocycles. The quantitative estimate of drug-likeness (QED) is 0.340. The molecule has 0 aliphatic carbocycles. The largest absolute Gasteiger partial charge is 0.467 e. The topological polar surface area (TPSA) is 152 Å². The van der Waals surface area contributed by atoms with E-state index in [1.807, 2.05) is 10.3 Å². The summed E-state index contributed by atoms with van der Waals surface area (Å²) in [6.45, 7) is -0.745. The summed E-state index contributed by atoms with van der Waals surface area (Å²) in [5.74, 6) is -1.96. The lowest BCUT2D eigenvalue weighted by atomic mass is 10.2. The van der Waals surface area contributed by atoms with Gasteiger partial charge >= 0.3 is 5.97 Å². The smallest absolute Gasteiger partial charge is 0.330 e. The molecule has 10 heteroatoms. The molecule has 0 fully saturated rings. The third kappa shape index (κ3) is 3.38. The number of carbonyl (C=O) groups is 2. The van der Waals surface area contributed by atoms with Crippen LogP contribution in [0.2, 0.25) is 0 Å². The van der Waals surface area contributed by atoms with Gasteiger partial charge in [-0.3, -0.25) is 19.7 Å². The number of esters is 1. The van der Waals surface area contributed by atoms with Crippen molar-refractivity contribution in [1.82, 2.24) is 10.3 Å². The molecule has 1 rings (SSSR count). The second-order valence-electron chi connectivity index (χ2n) is 3.59. The minimum absolute atomic E-state index is 0.492. The van der Waals surface area contributed by atoms with Gasteiger partial charge < -0.3 is 20.1 Å². The van der Waals surface area contributed by atoms with Crippen molar-refractivity contribution >= 4 is 17.6 Å². The number of amides is 1. The molecule has 1 atom stereocenters. The fraction of sp³-hybridized carbons (Fsp3) is 0.300. The van der Waals surface area contributed by atoms with Crippen LogP contribution in [0.25, 0.3) is 0 Å². The maximum Gasteiger partial charge on any atom is 0.330 e. The molecule has 10 nitrogen and oxygen atoms in total. The van der Waals surface area contributed by atoms with Crippen LogP contribution >= 0.6 is 0 Å². The number of aromatic amines is 1. The monoisotopic (exact) mass is 285 g/mol. The van der Waals surface area contributed by atoms with Crippen LogP contribution in [0.1, 0.15) is 10.4 Å². The third-order valence-corrected chi connectivity index (χ3v) is 2.32. The van der Waals surface area contributed by atoms with Crippen LogP contribution in [0.5, 0.6) is 0 Å². The first kappa shape index (κ1) is 15.3. The van der Waals surface area contributed by atoms with Crippen LogP contribution in [0, 0.1) is 10.1 Å². The number of pyridine rings is 1. The molecule has 0 spiro atoms. The third-order valence-electron chi connectivity index (χ3n) is 2.32. The first-order chi connectivity index (χ1) is 9.40. The number of nitrogens with one attached hydrogen (secondary N) is 2. The molecule has 20 heavy (non-hydrogen) atoms. The number of rotatable bonds is 5. The molecular formula is C10H11N3O7. The van der Waals surface area contributed by atoms with Crippen LogP contribution < -0.4 is 10.9 Å². The van der Waals surface area contributed by atoms with E-state index in [1.54, 1.807) is 0 Å². The fourth-order valence-electron chi connectivity index (χ4n) is 1.30.